The van der Waals surface area contributed by atoms with Gasteiger partial charge in [0.25, 0.3) is 11.8 Å². The Balaban J connectivity index is 2.20. The lowest BCUT2D eigenvalue weighted by atomic mass is 10.1. The molecule has 2 aromatic carbocycles. The highest BCUT2D eigenvalue weighted by Crippen LogP contribution is 2.22. The highest BCUT2D eigenvalue weighted by molar-refractivity contribution is 9.11. The van der Waals surface area contributed by atoms with Crippen LogP contribution in [0.1, 0.15) is 33.2 Å². The van der Waals surface area contributed by atoms with Gasteiger partial charge in [-0.2, -0.15) is 0 Å². The molecule has 0 bridgehead atoms. The molecule has 162 valence electrons. The van der Waals surface area contributed by atoms with Crippen LogP contribution in [0.15, 0.2) is 70.3 Å². The van der Waals surface area contributed by atoms with Gasteiger partial charge in [0.1, 0.15) is 5.84 Å². The molecular formula is C22H23BrClN5O2. The minimum absolute atomic E-state index is 0.244. The fourth-order valence-electron chi connectivity index (χ4n) is 2.55. The van der Waals surface area contributed by atoms with E-state index in [0.29, 0.717) is 32.2 Å². The summed E-state index contributed by atoms with van der Waals surface area (Å²) in [7, 11) is 1.59. The average molecular weight is 505 g/mol. The number of amidine groups is 1. The number of benzene rings is 2. The Labute approximate surface area is 194 Å². The maximum Gasteiger partial charge on any atom is 0.255 e. The summed E-state index contributed by atoms with van der Waals surface area (Å²) in [5.74, 6) is -0.384. The third-order valence-corrected chi connectivity index (χ3v) is 4.98. The Morgan fingerprint density at radius 1 is 1.13 bits per heavy atom. The van der Waals surface area contributed by atoms with E-state index in [2.05, 4.69) is 31.6 Å². The van der Waals surface area contributed by atoms with Gasteiger partial charge >= 0.3 is 0 Å². The van der Waals surface area contributed by atoms with Crippen molar-refractivity contribution in [1.82, 2.24) is 5.32 Å². The molecule has 0 heterocycles. The fourth-order valence-corrected chi connectivity index (χ4v) is 2.88. The van der Waals surface area contributed by atoms with Crippen molar-refractivity contribution >= 4 is 50.9 Å². The summed E-state index contributed by atoms with van der Waals surface area (Å²) in [6.45, 7) is 1.81. The standard InChI is InChI=1S/C22H23BrClN5O2/c1-13(3-8-16(23)12-25)28-22(31)18-11-17(24)9-10-19(18)29-21(30)15-6-4-14(5-7-15)20(26)27-2/h3-13H,25H2,1-2H3,(H2,26,27)(H,28,31)(H,29,30)/b8-3-,16-12+. The van der Waals surface area contributed by atoms with Crippen LogP contribution in [0, 0.1) is 0 Å². The molecule has 2 aromatic rings. The number of nitrogens with one attached hydrogen (secondary N) is 2. The van der Waals surface area contributed by atoms with Gasteiger partial charge in [-0.1, -0.05) is 29.8 Å². The van der Waals surface area contributed by atoms with Gasteiger partial charge in [0.2, 0.25) is 0 Å². The molecule has 1 atom stereocenters. The van der Waals surface area contributed by atoms with E-state index in [9.17, 15) is 9.59 Å². The first-order valence-corrected chi connectivity index (χ1v) is 10.4. The largest absolute Gasteiger partial charge is 0.404 e. The Morgan fingerprint density at radius 3 is 2.39 bits per heavy atom. The molecule has 31 heavy (non-hydrogen) atoms. The number of hydrogen-bond donors (Lipinski definition) is 4. The molecule has 0 aliphatic heterocycles. The molecule has 2 rings (SSSR count). The quantitative estimate of drug-likeness (QED) is 0.260. The fraction of sp³-hybridized carbons (Fsp3) is 0.136. The van der Waals surface area contributed by atoms with Gasteiger partial charge in [0.15, 0.2) is 0 Å². The van der Waals surface area contributed by atoms with E-state index in [1.54, 1.807) is 62.5 Å². The van der Waals surface area contributed by atoms with Crippen molar-refractivity contribution in [2.75, 3.05) is 12.4 Å². The summed E-state index contributed by atoms with van der Waals surface area (Å²) in [5, 5.41) is 5.96. The minimum atomic E-state index is -0.384. The van der Waals surface area contributed by atoms with Crippen molar-refractivity contribution in [2.24, 2.45) is 16.5 Å². The van der Waals surface area contributed by atoms with E-state index in [1.807, 2.05) is 0 Å². The summed E-state index contributed by atoms with van der Waals surface area (Å²) < 4.78 is 0.683. The predicted molar refractivity (Wildman–Crippen MR) is 130 cm³/mol. The van der Waals surface area contributed by atoms with Crippen LogP contribution in [0.4, 0.5) is 5.69 Å². The van der Waals surface area contributed by atoms with Gasteiger partial charge in [0.05, 0.1) is 11.3 Å². The van der Waals surface area contributed by atoms with Crippen molar-refractivity contribution in [3.63, 3.8) is 0 Å². The number of carbonyl (C=O) groups excluding carboxylic acids is 2. The number of aliphatic imine (C=N–C) groups is 1. The Bertz CT molecular complexity index is 1050. The van der Waals surface area contributed by atoms with Crippen LogP contribution in [-0.4, -0.2) is 30.7 Å². The number of amides is 2. The van der Waals surface area contributed by atoms with E-state index in [-0.39, 0.29) is 23.4 Å². The molecule has 0 saturated carbocycles. The SMILES string of the molecule is CN=C(N)c1ccc(C(=O)Nc2ccc(Cl)cc2C(=O)NC(C)/C=C\C(Br)=C/N)cc1. The van der Waals surface area contributed by atoms with Crippen molar-refractivity contribution in [3.8, 4) is 0 Å². The molecule has 0 fully saturated rings. The Morgan fingerprint density at radius 2 is 1.77 bits per heavy atom. The second kappa shape index (κ2) is 11.3. The molecule has 0 aliphatic carbocycles. The molecule has 1 unspecified atom stereocenters. The second-order valence-corrected chi connectivity index (χ2v) is 7.86. The molecule has 0 aliphatic rings. The maximum absolute atomic E-state index is 12.8. The first-order valence-electron chi connectivity index (χ1n) is 9.25. The van der Waals surface area contributed by atoms with Crippen LogP contribution in [-0.2, 0) is 0 Å². The number of halogens is 2. The van der Waals surface area contributed by atoms with E-state index >= 15 is 0 Å². The Kier molecular flexibility index (Phi) is 8.84. The molecule has 0 aromatic heterocycles. The van der Waals surface area contributed by atoms with Crippen molar-refractivity contribution in [2.45, 2.75) is 13.0 Å². The zero-order chi connectivity index (χ0) is 23.0. The predicted octanol–water partition coefficient (Wildman–Crippen LogP) is 3.80. The van der Waals surface area contributed by atoms with Crippen LogP contribution < -0.4 is 22.1 Å². The third kappa shape index (κ3) is 6.97. The molecule has 7 nitrogen and oxygen atoms in total. The average Bonchev–Trinajstić information content (AvgIpc) is 2.77. The van der Waals surface area contributed by atoms with Gasteiger partial charge in [-0.15, -0.1) is 0 Å². The van der Waals surface area contributed by atoms with Crippen LogP contribution in [0.5, 0.6) is 0 Å². The first-order chi connectivity index (χ1) is 14.7. The lowest BCUT2D eigenvalue weighted by Gasteiger charge is -2.14. The van der Waals surface area contributed by atoms with E-state index in [1.165, 1.54) is 12.3 Å². The number of nitrogens with two attached hydrogens (primary N) is 2. The summed E-state index contributed by atoms with van der Waals surface area (Å²) in [5.41, 5.74) is 12.9. The van der Waals surface area contributed by atoms with Crippen LogP contribution >= 0.6 is 27.5 Å². The molecule has 2 amide bonds. The first kappa shape index (κ1) is 24.2. The highest BCUT2D eigenvalue weighted by Gasteiger charge is 2.16. The van der Waals surface area contributed by atoms with Gasteiger partial charge in [0, 0.05) is 39.9 Å². The number of rotatable bonds is 7. The van der Waals surface area contributed by atoms with Gasteiger partial charge < -0.3 is 22.1 Å². The van der Waals surface area contributed by atoms with E-state index < -0.39 is 0 Å². The zero-order valence-corrected chi connectivity index (χ0v) is 19.4. The monoisotopic (exact) mass is 503 g/mol. The van der Waals surface area contributed by atoms with Crippen molar-refractivity contribution in [3.05, 3.63) is 87.0 Å². The molecule has 6 N–H and O–H groups in total. The Hall–Kier alpha value is -3.10. The summed E-state index contributed by atoms with van der Waals surface area (Å²) in [6, 6.07) is 11.1. The van der Waals surface area contributed by atoms with E-state index in [4.69, 9.17) is 23.1 Å². The lowest BCUT2D eigenvalue weighted by Crippen LogP contribution is -2.32. The van der Waals surface area contributed by atoms with Crippen LogP contribution in [0.2, 0.25) is 5.02 Å². The highest BCUT2D eigenvalue weighted by atomic mass is 79.9. The van der Waals surface area contributed by atoms with E-state index in [0.717, 1.165) is 0 Å². The normalized spacial score (nSPS) is 13.2. The number of anilines is 1. The lowest BCUT2D eigenvalue weighted by molar-refractivity contribution is 0.0948. The molecular weight excluding hydrogens is 482 g/mol. The number of hydrogen-bond acceptors (Lipinski definition) is 4. The van der Waals surface area contributed by atoms with Gasteiger partial charge in [-0.25, -0.2) is 0 Å². The van der Waals surface area contributed by atoms with Crippen LogP contribution in [0.25, 0.3) is 0 Å². The molecule has 0 radical (unpaired) electrons. The third-order valence-electron chi connectivity index (χ3n) is 4.22. The van der Waals surface area contributed by atoms with Crippen LogP contribution in [0.3, 0.4) is 0 Å². The molecule has 0 spiro atoms. The van der Waals surface area contributed by atoms with Gasteiger partial charge in [-0.05, 0) is 59.3 Å². The maximum atomic E-state index is 12.8. The zero-order valence-electron chi connectivity index (χ0n) is 17.0. The topological polar surface area (TPSA) is 123 Å². The minimum Gasteiger partial charge on any atom is -0.404 e. The summed E-state index contributed by atoms with van der Waals surface area (Å²) >= 11 is 9.34. The van der Waals surface area contributed by atoms with Crippen molar-refractivity contribution < 1.29 is 9.59 Å². The smallest absolute Gasteiger partial charge is 0.255 e. The van der Waals surface area contributed by atoms with Crippen molar-refractivity contribution in [1.29, 1.82) is 0 Å². The van der Waals surface area contributed by atoms with Gasteiger partial charge in [-0.3, -0.25) is 14.6 Å². The molecule has 9 heteroatoms. The second-order valence-electron chi connectivity index (χ2n) is 6.50. The number of nitrogens with zero attached hydrogens (tertiary/aromatic N) is 1. The summed E-state index contributed by atoms with van der Waals surface area (Å²) in [6.07, 6.45) is 4.89. The summed E-state index contributed by atoms with van der Waals surface area (Å²) in [4.78, 5) is 29.4. The number of allylic oxidation sites excluding steroid dienone is 2. The molecule has 0 saturated heterocycles. The number of carbonyl (C=O) groups is 2.